The van der Waals surface area contributed by atoms with Gasteiger partial charge in [-0.15, -0.1) is 11.6 Å². The molecule has 0 saturated heterocycles. The molecule has 0 amide bonds. The van der Waals surface area contributed by atoms with Crippen LogP contribution in [-0.2, 0) is 0 Å². The van der Waals surface area contributed by atoms with Crippen molar-refractivity contribution in [1.29, 1.82) is 0 Å². The smallest absolute Gasteiger partial charge is 0.0226 e. The third-order valence-electron chi connectivity index (χ3n) is 1.09. The third kappa shape index (κ3) is 4.14. The summed E-state index contributed by atoms with van der Waals surface area (Å²) in [5, 5.41) is 0. The van der Waals surface area contributed by atoms with Gasteiger partial charge in [-0.1, -0.05) is 20.3 Å². The second-order valence-corrected chi connectivity index (χ2v) is 2.13. The van der Waals surface area contributed by atoms with E-state index >= 15 is 0 Å². The first-order valence-corrected chi connectivity index (χ1v) is 3.23. The first kappa shape index (κ1) is 7.29. The molecule has 0 N–H and O–H groups in total. The highest BCUT2D eigenvalue weighted by molar-refractivity contribution is 6.17. The molecule has 0 aromatic carbocycles. The summed E-state index contributed by atoms with van der Waals surface area (Å²) in [6, 6.07) is 0. The Bertz CT molecular complexity index is 35.2. The van der Waals surface area contributed by atoms with Crippen LogP contribution >= 0.6 is 11.6 Å². The van der Waals surface area contributed by atoms with Gasteiger partial charge >= 0.3 is 0 Å². The van der Waals surface area contributed by atoms with Gasteiger partial charge in [0, 0.05) is 5.88 Å². The fourth-order valence-corrected chi connectivity index (χ4v) is 0.667. The van der Waals surface area contributed by atoms with Crippen LogP contribution in [0.3, 0.4) is 0 Å². The molecule has 1 unspecified atom stereocenters. The predicted octanol–water partition coefficient (Wildman–Crippen LogP) is 2.48. The van der Waals surface area contributed by atoms with Crippen molar-refractivity contribution in [3.8, 4) is 0 Å². The zero-order valence-corrected chi connectivity index (χ0v) is 5.54. The van der Waals surface area contributed by atoms with E-state index in [2.05, 4.69) is 13.8 Å². The molecule has 1 radical (unpaired) electrons. The van der Waals surface area contributed by atoms with Gasteiger partial charge in [0.15, 0.2) is 0 Å². The lowest BCUT2D eigenvalue weighted by atomic mass is 10.1. The Labute approximate surface area is 50.9 Å². The lowest BCUT2D eigenvalue weighted by Gasteiger charge is -2.01. The Morgan fingerprint density at radius 2 is 2.29 bits per heavy atom. The van der Waals surface area contributed by atoms with E-state index in [0.29, 0.717) is 5.92 Å². The summed E-state index contributed by atoms with van der Waals surface area (Å²) in [7, 11) is 0. The molecule has 0 aromatic rings. The van der Waals surface area contributed by atoms with Gasteiger partial charge in [-0.05, 0) is 12.3 Å². The topological polar surface area (TPSA) is 0 Å². The Balaban J connectivity index is 2.83. The van der Waals surface area contributed by atoms with Crippen molar-refractivity contribution in [1.82, 2.24) is 0 Å². The molecule has 0 aromatic heterocycles. The summed E-state index contributed by atoms with van der Waals surface area (Å²) in [5.74, 6) is 1.32. The molecular formula is C6H12Cl. The van der Waals surface area contributed by atoms with Crippen LogP contribution < -0.4 is 0 Å². The maximum Gasteiger partial charge on any atom is 0.0226 e. The molecule has 0 aliphatic carbocycles. The van der Waals surface area contributed by atoms with Crippen LogP contribution in [-0.4, -0.2) is 5.88 Å². The normalized spacial score (nSPS) is 14.1. The maximum absolute atomic E-state index is 5.44. The van der Waals surface area contributed by atoms with Gasteiger partial charge in [0.2, 0.25) is 0 Å². The van der Waals surface area contributed by atoms with Crippen molar-refractivity contribution in [3.05, 3.63) is 6.92 Å². The number of alkyl halides is 1. The highest BCUT2D eigenvalue weighted by Crippen LogP contribution is 2.05. The van der Waals surface area contributed by atoms with Gasteiger partial charge < -0.3 is 0 Å². The standard InChI is InChI=1S/C6H12Cl/c1-3-6(2)4-5-7/h6H,2-5H2,1H3. The Hall–Kier alpha value is 0.290. The van der Waals surface area contributed by atoms with Crippen molar-refractivity contribution >= 4 is 11.6 Å². The van der Waals surface area contributed by atoms with Gasteiger partial charge in [0.25, 0.3) is 0 Å². The molecule has 0 fully saturated rings. The molecule has 43 valence electrons. The maximum atomic E-state index is 5.44. The molecule has 0 saturated carbocycles. The third-order valence-corrected chi connectivity index (χ3v) is 1.31. The molecule has 1 atom stereocenters. The molecular weight excluding hydrogens is 108 g/mol. The molecule has 0 nitrogen and oxygen atoms in total. The van der Waals surface area contributed by atoms with E-state index in [-0.39, 0.29) is 0 Å². The van der Waals surface area contributed by atoms with E-state index in [4.69, 9.17) is 11.6 Å². The summed E-state index contributed by atoms with van der Waals surface area (Å²) in [5.41, 5.74) is 0. The minimum atomic E-state index is 0.567. The number of rotatable bonds is 3. The lowest BCUT2D eigenvalue weighted by molar-refractivity contribution is 0.605. The van der Waals surface area contributed by atoms with Crippen molar-refractivity contribution in [2.75, 3.05) is 5.88 Å². The van der Waals surface area contributed by atoms with Crippen LogP contribution in [0.1, 0.15) is 19.8 Å². The van der Waals surface area contributed by atoms with Gasteiger partial charge in [0.05, 0.1) is 0 Å². The quantitative estimate of drug-likeness (QED) is 0.501. The van der Waals surface area contributed by atoms with Crippen LogP contribution in [0.5, 0.6) is 0 Å². The number of halogens is 1. The first-order valence-electron chi connectivity index (χ1n) is 2.70. The van der Waals surface area contributed by atoms with Crippen molar-refractivity contribution in [3.63, 3.8) is 0 Å². The Kier molecular flexibility index (Phi) is 4.63. The minimum Gasteiger partial charge on any atom is -0.127 e. The average Bonchev–Trinajstić information content (AvgIpc) is 1.68. The van der Waals surface area contributed by atoms with Gasteiger partial charge in [0.1, 0.15) is 0 Å². The monoisotopic (exact) mass is 119 g/mol. The molecule has 0 aliphatic heterocycles. The molecule has 7 heavy (non-hydrogen) atoms. The van der Waals surface area contributed by atoms with Gasteiger partial charge in [-0.3, -0.25) is 0 Å². The molecule has 1 heteroatoms. The average molecular weight is 120 g/mol. The Morgan fingerprint density at radius 3 is 2.43 bits per heavy atom. The second kappa shape index (κ2) is 4.45. The van der Waals surface area contributed by atoms with Crippen LogP contribution in [0.25, 0.3) is 0 Å². The fraction of sp³-hybridized carbons (Fsp3) is 0.833. The highest BCUT2D eigenvalue weighted by atomic mass is 35.5. The summed E-state index contributed by atoms with van der Waals surface area (Å²) in [6.07, 6.45) is 2.20. The highest BCUT2D eigenvalue weighted by Gasteiger charge is 1.93. The first-order chi connectivity index (χ1) is 3.31. The largest absolute Gasteiger partial charge is 0.127 e. The van der Waals surface area contributed by atoms with Crippen LogP contribution in [0, 0.1) is 12.8 Å². The van der Waals surface area contributed by atoms with E-state index in [1.807, 2.05) is 0 Å². The summed E-state index contributed by atoms with van der Waals surface area (Å²) in [6.45, 7) is 5.99. The van der Waals surface area contributed by atoms with Crippen molar-refractivity contribution < 1.29 is 0 Å². The van der Waals surface area contributed by atoms with E-state index in [1.165, 1.54) is 0 Å². The Morgan fingerprint density at radius 1 is 1.71 bits per heavy atom. The van der Waals surface area contributed by atoms with Crippen molar-refractivity contribution in [2.24, 2.45) is 5.92 Å². The molecule has 0 spiro atoms. The molecule has 0 heterocycles. The summed E-state index contributed by atoms with van der Waals surface area (Å²) < 4.78 is 0. The second-order valence-electron chi connectivity index (χ2n) is 1.75. The van der Waals surface area contributed by atoms with Gasteiger partial charge in [-0.2, -0.15) is 0 Å². The summed E-state index contributed by atoms with van der Waals surface area (Å²) >= 11 is 5.44. The fourth-order valence-electron chi connectivity index (χ4n) is 0.358. The van der Waals surface area contributed by atoms with E-state index < -0.39 is 0 Å². The van der Waals surface area contributed by atoms with Crippen LogP contribution in [0.4, 0.5) is 0 Å². The zero-order valence-electron chi connectivity index (χ0n) is 4.78. The minimum absolute atomic E-state index is 0.567. The van der Waals surface area contributed by atoms with Gasteiger partial charge in [-0.25, -0.2) is 0 Å². The molecule has 0 bridgehead atoms. The lowest BCUT2D eigenvalue weighted by Crippen LogP contribution is -1.91. The summed E-state index contributed by atoms with van der Waals surface area (Å²) in [4.78, 5) is 0. The molecule has 0 rings (SSSR count). The van der Waals surface area contributed by atoms with Crippen molar-refractivity contribution in [2.45, 2.75) is 19.8 Å². The van der Waals surface area contributed by atoms with E-state index in [9.17, 15) is 0 Å². The van der Waals surface area contributed by atoms with Crippen LogP contribution in [0.15, 0.2) is 0 Å². The number of hydrogen-bond acceptors (Lipinski definition) is 0. The van der Waals surface area contributed by atoms with E-state index in [0.717, 1.165) is 18.7 Å². The zero-order chi connectivity index (χ0) is 5.70. The molecule has 0 aliphatic rings. The number of hydrogen-bond donors (Lipinski definition) is 0. The van der Waals surface area contributed by atoms with Crippen LogP contribution in [0.2, 0.25) is 0 Å². The predicted molar refractivity (Wildman–Crippen MR) is 34.5 cm³/mol. The van der Waals surface area contributed by atoms with E-state index in [1.54, 1.807) is 0 Å². The SMILES string of the molecule is [CH2]C(CC)CCCl.